The quantitative estimate of drug-likeness (QED) is 0.414. The van der Waals surface area contributed by atoms with E-state index in [2.05, 4.69) is 10.0 Å². The van der Waals surface area contributed by atoms with Gasteiger partial charge >= 0.3 is 0 Å². The number of amides is 1. The number of rotatable bonds is 9. The van der Waals surface area contributed by atoms with E-state index in [0.29, 0.717) is 17.0 Å². The molecule has 0 aliphatic heterocycles. The second-order valence-electron chi connectivity index (χ2n) is 7.75. The van der Waals surface area contributed by atoms with E-state index in [1.54, 1.807) is 36.9 Å². The predicted octanol–water partition coefficient (Wildman–Crippen LogP) is 5.08. The molecule has 1 amide bonds. The van der Waals surface area contributed by atoms with Gasteiger partial charge in [-0.25, -0.2) is 8.42 Å². The van der Waals surface area contributed by atoms with Gasteiger partial charge in [-0.05, 0) is 80.6 Å². The Balaban J connectivity index is 1.59. The molecule has 0 aromatic heterocycles. The maximum absolute atomic E-state index is 12.7. The second-order valence-corrected chi connectivity index (χ2v) is 10.3. The highest BCUT2D eigenvalue weighted by molar-refractivity contribution is 7.98. The molecule has 0 saturated heterocycles. The van der Waals surface area contributed by atoms with Crippen molar-refractivity contribution in [2.24, 2.45) is 0 Å². The summed E-state index contributed by atoms with van der Waals surface area (Å²) in [7, 11) is -3.73. The number of thioether (sulfide) groups is 1. The van der Waals surface area contributed by atoms with Crippen LogP contribution in [0.3, 0.4) is 0 Å². The predicted molar refractivity (Wildman–Crippen MR) is 133 cm³/mol. The number of benzene rings is 3. The highest BCUT2D eigenvalue weighted by Crippen LogP contribution is 2.24. The van der Waals surface area contributed by atoms with Crippen LogP contribution in [-0.2, 0) is 14.8 Å². The van der Waals surface area contributed by atoms with Crippen LogP contribution >= 0.6 is 11.8 Å². The third-order valence-corrected chi connectivity index (χ3v) is 7.24. The molecule has 2 N–H and O–H groups in total. The molecule has 0 radical (unpaired) electrons. The number of anilines is 1. The van der Waals surface area contributed by atoms with Gasteiger partial charge in [-0.3, -0.25) is 9.52 Å². The van der Waals surface area contributed by atoms with Gasteiger partial charge in [0.25, 0.3) is 15.9 Å². The van der Waals surface area contributed by atoms with Gasteiger partial charge in [0.05, 0.1) is 10.9 Å². The van der Waals surface area contributed by atoms with Gasteiger partial charge < -0.3 is 10.1 Å². The van der Waals surface area contributed by atoms with E-state index >= 15 is 0 Å². The van der Waals surface area contributed by atoms with Crippen molar-refractivity contribution < 1.29 is 17.9 Å². The molecule has 0 unspecified atom stereocenters. The summed E-state index contributed by atoms with van der Waals surface area (Å²) >= 11 is 1.66. The lowest BCUT2D eigenvalue weighted by molar-refractivity contribution is -0.123. The Morgan fingerprint density at radius 3 is 2.27 bits per heavy atom. The molecule has 3 aromatic rings. The third kappa shape index (κ3) is 6.76. The number of ether oxygens (including phenoxy) is 1. The molecule has 3 aromatic carbocycles. The van der Waals surface area contributed by atoms with Crippen LogP contribution in [0.5, 0.6) is 5.75 Å². The molecule has 8 heteroatoms. The van der Waals surface area contributed by atoms with Crippen LogP contribution < -0.4 is 14.8 Å². The van der Waals surface area contributed by atoms with Gasteiger partial charge in [-0.15, -0.1) is 11.8 Å². The highest BCUT2D eigenvalue weighted by Gasteiger charge is 2.17. The van der Waals surface area contributed by atoms with E-state index in [4.69, 9.17) is 4.74 Å². The summed E-state index contributed by atoms with van der Waals surface area (Å²) in [6.07, 6.45) is 2.02. The summed E-state index contributed by atoms with van der Waals surface area (Å²) < 4.78 is 33.6. The van der Waals surface area contributed by atoms with Gasteiger partial charge in [0.15, 0.2) is 6.61 Å². The largest absolute Gasteiger partial charge is 0.484 e. The van der Waals surface area contributed by atoms with Gasteiger partial charge in [-0.2, -0.15) is 0 Å². The van der Waals surface area contributed by atoms with E-state index in [1.807, 2.05) is 56.5 Å². The summed E-state index contributed by atoms with van der Waals surface area (Å²) in [6, 6.07) is 19.5. The number of nitrogens with one attached hydrogen (secondary N) is 2. The van der Waals surface area contributed by atoms with Crippen LogP contribution in [0.15, 0.2) is 76.5 Å². The monoisotopic (exact) mass is 484 g/mol. The maximum atomic E-state index is 12.7. The van der Waals surface area contributed by atoms with E-state index in [0.717, 1.165) is 16.0 Å². The van der Waals surface area contributed by atoms with Crippen molar-refractivity contribution in [2.45, 2.75) is 36.6 Å². The molecule has 0 fully saturated rings. The molecule has 174 valence electrons. The van der Waals surface area contributed by atoms with Crippen LogP contribution in [0.4, 0.5) is 5.69 Å². The number of hydrogen-bond donors (Lipinski definition) is 2. The topological polar surface area (TPSA) is 84.5 Å². The van der Waals surface area contributed by atoms with Gasteiger partial charge in [-0.1, -0.05) is 29.8 Å². The zero-order chi connectivity index (χ0) is 24.0. The smallest absolute Gasteiger partial charge is 0.261 e. The summed E-state index contributed by atoms with van der Waals surface area (Å²) in [4.78, 5) is 13.6. The maximum Gasteiger partial charge on any atom is 0.261 e. The number of carbonyl (C=O) groups is 1. The third-order valence-electron chi connectivity index (χ3n) is 5.11. The average Bonchev–Trinajstić information content (AvgIpc) is 2.79. The highest BCUT2D eigenvalue weighted by atomic mass is 32.2. The summed E-state index contributed by atoms with van der Waals surface area (Å²) in [5.74, 6) is 0.199. The lowest BCUT2D eigenvalue weighted by atomic mass is 10.1. The standard InChI is InChI=1S/C25H28N2O4S2/c1-17-5-9-21(10-6-17)27-33(29,30)23-13-14-24(18(2)15-23)31-16-25(28)26-19(3)20-7-11-22(32-4)12-8-20/h5-15,19,27H,16H2,1-4H3,(H,26,28)/t19-/m0/s1. The SMILES string of the molecule is CSc1ccc([C@H](C)NC(=O)COc2ccc(S(=O)(=O)Nc3ccc(C)cc3)cc2C)cc1. The molecule has 0 bridgehead atoms. The van der Waals surface area contributed by atoms with Crippen LogP contribution in [0.25, 0.3) is 0 Å². The molecule has 3 rings (SSSR count). The van der Waals surface area contributed by atoms with E-state index in [9.17, 15) is 13.2 Å². The number of aryl methyl sites for hydroxylation is 2. The second kappa shape index (κ2) is 10.8. The van der Waals surface area contributed by atoms with Crippen molar-refractivity contribution >= 4 is 33.4 Å². The van der Waals surface area contributed by atoms with Crippen molar-refractivity contribution in [1.82, 2.24) is 5.32 Å². The van der Waals surface area contributed by atoms with E-state index < -0.39 is 10.0 Å². The van der Waals surface area contributed by atoms with Gasteiger partial charge in [0.2, 0.25) is 0 Å². The Kier molecular flexibility index (Phi) is 8.05. The number of carbonyl (C=O) groups excluding carboxylic acids is 1. The Morgan fingerprint density at radius 1 is 1.00 bits per heavy atom. The molecule has 6 nitrogen and oxygen atoms in total. The fraction of sp³-hybridized carbons (Fsp3) is 0.240. The van der Waals surface area contributed by atoms with Crippen molar-refractivity contribution in [3.05, 3.63) is 83.4 Å². The fourth-order valence-corrected chi connectivity index (χ4v) is 4.74. The van der Waals surface area contributed by atoms with Crippen LogP contribution in [0.1, 0.15) is 29.7 Å². The van der Waals surface area contributed by atoms with Crippen molar-refractivity contribution in [1.29, 1.82) is 0 Å². The van der Waals surface area contributed by atoms with Gasteiger partial charge in [0.1, 0.15) is 5.75 Å². The lowest BCUT2D eigenvalue weighted by Gasteiger charge is -2.16. The van der Waals surface area contributed by atoms with Crippen molar-refractivity contribution in [3.63, 3.8) is 0 Å². The molecule has 0 spiro atoms. The normalized spacial score (nSPS) is 12.1. The lowest BCUT2D eigenvalue weighted by Crippen LogP contribution is -2.31. The van der Waals surface area contributed by atoms with Crippen LogP contribution in [0.2, 0.25) is 0 Å². The van der Waals surface area contributed by atoms with E-state index in [1.165, 1.54) is 12.1 Å². The number of hydrogen-bond acceptors (Lipinski definition) is 5. The Bertz CT molecular complexity index is 1210. The van der Waals surface area contributed by atoms with Crippen LogP contribution in [-0.4, -0.2) is 27.2 Å². The summed E-state index contributed by atoms with van der Waals surface area (Å²) in [5, 5.41) is 2.91. The molecule has 1 atom stereocenters. The Hall–Kier alpha value is -2.97. The zero-order valence-electron chi connectivity index (χ0n) is 19.1. The minimum Gasteiger partial charge on any atom is -0.484 e. The van der Waals surface area contributed by atoms with Crippen molar-refractivity contribution in [3.8, 4) is 5.75 Å². The Labute approximate surface area is 199 Å². The molecule has 0 saturated carbocycles. The summed E-state index contributed by atoms with van der Waals surface area (Å²) in [6.45, 7) is 5.43. The zero-order valence-corrected chi connectivity index (χ0v) is 20.7. The van der Waals surface area contributed by atoms with Crippen molar-refractivity contribution in [2.75, 3.05) is 17.6 Å². The number of sulfonamides is 1. The van der Waals surface area contributed by atoms with Crippen LogP contribution in [0, 0.1) is 13.8 Å². The first-order chi connectivity index (χ1) is 15.7. The molecule has 33 heavy (non-hydrogen) atoms. The molecule has 0 aliphatic carbocycles. The van der Waals surface area contributed by atoms with Gasteiger partial charge in [0, 0.05) is 10.6 Å². The Morgan fingerprint density at radius 2 is 1.67 bits per heavy atom. The minimum atomic E-state index is -3.73. The fourth-order valence-electron chi connectivity index (χ4n) is 3.19. The summed E-state index contributed by atoms with van der Waals surface area (Å²) in [5.41, 5.74) is 3.16. The average molecular weight is 485 g/mol. The first kappa shape index (κ1) is 24.7. The molecular formula is C25H28N2O4S2. The first-order valence-electron chi connectivity index (χ1n) is 10.4. The molecule has 0 aliphatic rings. The first-order valence-corrected chi connectivity index (χ1v) is 13.1. The molecule has 0 heterocycles. The van der Waals surface area contributed by atoms with E-state index in [-0.39, 0.29) is 23.5 Å². The molecular weight excluding hydrogens is 456 g/mol. The minimum absolute atomic E-state index is 0.125.